The second-order valence-corrected chi connectivity index (χ2v) is 6.61. The van der Waals surface area contributed by atoms with Crippen LogP contribution >= 0.6 is 24.8 Å². The average Bonchev–Trinajstić information content (AvgIpc) is 3.11. The number of hydrogen-bond acceptors (Lipinski definition) is 5. The van der Waals surface area contributed by atoms with Crippen LogP contribution in [0.2, 0.25) is 0 Å². The summed E-state index contributed by atoms with van der Waals surface area (Å²) in [5.41, 5.74) is 6.54. The Balaban J connectivity index is 0.00000169. The SMILES string of the molecule is Cl.Cl.NC[C@H]1CC[C@@H](C(=O)N2CCN(CC(O)c3ccccc3)CC2)O1. The van der Waals surface area contributed by atoms with E-state index in [1.807, 2.05) is 35.2 Å². The van der Waals surface area contributed by atoms with Gasteiger partial charge in [-0.05, 0) is 18.4 Å². The van der Waals surface area contributed by atoms with Gasteiger partial charge in [0.2, 0.25) is 0 Å². The molecular formula is C18H29Cl2N3O3. The minimum atomic E-state index is -0.489. The second-order valence-electron chi connectivity index (χ2n) is 6.61. The van der Waals surface area contributed by atoms with Crippen LogP contribution < -0.4 is 5.73 Å². The smallest absolute Gasteiger partial charge is 0.251 e. The molecule has 148 valence electrons. The van der Waals surface area contributed by atoms with E-state index in [0.29, 0.717) is 26.2 Å². The van der Waals surface area contributed by atoms with Gasteiger partial charge >= 0.3 is 0 Å². The molecule has 3 atom stereocenters. The van der Waals surface area contributed by atoms with Crippen molar-refractivity contribution >= 4 is 30.7 Å². The molecule has 6 nitrogen and oxygen atoms in total. The minimum Gasteiger partial charge on any atom is -0.387 e. The Hall–Kier alpha value is -0.890. The van der Waals surface area contributed by atoms with E-state index in [4.69, 9.17) is 10.5 Å². The topological polar surface area (TPSA) is 79.0 Å². The number of carbonyl (C=O) groups excluding carboxylic acids is 1. The van der Waals surface area contributed by atoms with Gasteiger partial charge in [0.1, 0.15) is 6.10 Å². The van der Waals surface area contributed by atoms with Crippen LogP contribution in [0.4, 0.5) is 0 Å². The molecule has 1 aromatic carbocycles. The van der Waals surface area contributed by atoms with E-state index in [9.17, 15) is 9.90 Å². The summed E-state index contributed by atoms with van der Waals surface area (Å²) in [5.74, 6) is 0.0919. The summed E-state index contributed by atoms with van der Waals surface area (Å²) in [4.78, 5) is 16.6. The van der Waals surface area contributed by atoms with Crippen LogP contribution in [0.3, 0.4) is 0 Å². The molecule has 0 aliphatic carbocycles. The van der Waals surface area contributed by atoms with Crippen molar-refractivity contribution in [1.82, 2.24) is 9.80 Å². The summed E-state index contributed by atoms with van der Waals surface area (Å²) in [6, 6.07) is 9.70. The monoisotopic (exact) mass is 405 g/mol. The molecule has 0 saturated carbocycles. The fourth-order valence-corrected chi connectivity index (χ4v) is 3.44. The molecule has 2 saturated heterocycles. The Bertz CT molecular complexity index is 542. The highest BCUT2D eigenvalue weighted by Crippen LogP contribution is 2.22. The first kappa shape index (κ1) is 23.1. The first-order valence-electron chi connectivity index (χ1n) is 8.77. The molecule has 2 fully saturated rings. The number of β-amino-alcohol motifs (C(OH)–C–C–N with tert-alkyl or cyclic N) is 1. The zero-order valence-electron chi connectivity index (χ0n) is 14.8. The van der Waals surface area contributed by atoms with E-state index < -0.39 is 6.10 Å². The second kappa shape index (κ2) is 11.1. The first-order chi connectivity index (χ1) is 11.7. The number of ether oxygens (including phenoxy) is 1. The van der Waals surface area contributed by atoms with Crippen molar-refractivity contribution in [3.63, 3.8) is 0 Å². The highest BCUT2D eigenvalue weighted by atomic mass is 35.5. The van der Waals surface area contributed by atoms with E-state index in [-0.39, 0.29) is 42.9 Å². The first-order valence-corrected chi connectivity index (χ1v) is 8.77. The molecule has 2 aliphatic heterocycles. The molecule has 0 aromatic heterocycles. The van der Waals surface area contributed by atoms with Crippen LogP contribution in [0.1, 0.15) is 24.5 Å². The number of benzene rings is 1. The number of piperazine rings is 1. The number of amides is 1. The maximum Gasteiger partial charge on any atom is 0.251 e. The molecule has 8 heteroatoms. The van der Waals surface area contributed by atoms with E-state index in [1.54, 1.807) is 0 Å². The van der Waals surface area contributed by atoms with Crippen molar-refractivity contribution in [2.45, 2.75) is 31.2 Å². The minimum absolute atomic E-state index is 0. The summed E-state index contributed by atoms with van der Waals surface area (Å²) in [6.45, 7) is 4.02. The molecule has 0 bridgehead atoms. The Morgan fingerprint density at radius 2 is 1.81 bits per heavy atom. The Labute approximate surface area is 167 Å². The van der Waals surface area contributed by atoms with E-state index in [2.05, 4.69) is 4.90 Å². The fraction of sp³-hybridized carbons (Fsp3) is 0.611. The molecule has 2 aliphatic rings. The average molecular weight is 406 g/mol. The standard InChI is InChI=1S/C18H27N3O3.2ClH/c19-12-15-6-7-17(24-15)18(23)21-10-8-20(9-11-21)13-16(22)14-4-2-1-3-5-14;;/h1-5,15-17,22H,6-13,19H2;2*1H/t15-,16?,17+;;/m1../s1. The predicted octanol–water partition coefficient (Wildman–Crippen LogP) is 1.21. The van der Waals surface area contributed by atoms with Crippen molar-refractivity contribution in [3.8, 4) is 0 Å². The lowest BCUT2D eigenvalue weighted by Crippen LogP contribution is -2.52. The van der Waals surface area contributed by atoms with Crippen LogP contribution in [-0.4, -0.2) is 72.3 Å². The van der Waals surface area contributed by atoms with Crippen LogP contribution in [0, 0.1) is 0 Å². The highest BCUT2D eigenvalue weighted by molar-refractivity contribution is 5.85. The molecule has 1 unspecified atom stereocenters. The normalized spacial score (nSPS) is 24.5. The maximum atomic E-state index is 12.5. The van der Waals surface area contributed by atoms with Crippen LogP contribution in [-0.2, 0) is 9.53 Å². The molecule has 3 rings (SSSR count). The fourth-order valence-electron chi connectivity index (χ4n) is 3.44. The van der Waals surface area contributed by atoms with Gasteiger partial charge in [-0.25, -0.2) is 0 Å². The number of carbonyl (C=O) groups is 1. The third kappa shape index (κ3) is 5.81. The largest absolute Gasteiger partial charge is 0.387 e. The maximum absolute atomic E-state index is 12.5. The van der Waals surface area contributed by atoms with E-state index >= 15 is 0 Å². The summed E-state index contributed by atoms with van der Waals surface area (Å²) in [5, 5.41) is 10.3. The number of aliphatic hydroxyl groups excluding tert-OH is 1. The van der Waals surface area contributed by atoms with Crippen molar-refractivity contribution in [1.29, 1.82) is 0 Å². The molecular weight excluding hydrogens is 377 g/mol. The molecule has 26 heavy (non-hydrogen) atoms. The van der Waals surface area contributed by atoms with E-state index in [1.165, 1.54) is 0 Å². The number of aliphatic hydroxyl groups is 1. The number of nitrogens with zero attached hydrogens (tertiary/aromatic N) is 2. The number of rotatable bonds is 5. The third-order valence-corrected chi connectivity index (χ3v) is 4.95. The number of halogens is 2. The zero-order valence-corrected chi connectivity index (χ0v) is 16.5. The molecule has 2 heterocycles. The van der Waals surface area contributed by atoms with Gasteiger partial charge in [0.05, 0.1) is 12.2 Å². The summed E-state index contributed by atoms with van der Waals surface area (Å²) >= 11 is 0. The summed E-state index contributed by atoms with van der Waals surface area (Å²) in [7, 11) is 0. The van der Waals surface area contributed by atoms with E-state index in [0.717, 1.165) is 31.5 Å². The lowest BCUT2D eigenvalue weighted by molar-refractivity contribution is -0.144. The van der Waals surface area contributed by atoms with Gasteiger partial charge in [0, 0.05) is 39.3 Å². The molecule has 0 spiro atoms. The van der Waals surface area contributed by atoms with Crippen molar-refractivity contribution in [3.05, 3.63) is 35.9 Å². The van der Waals surface area contributed by atoms with Gasteiger partial charge in [0.15, 0.2) is 0 Å². The molecule has 1 aromatic rings. The van der Waals surface area contributed by atoms with Gasteiger partial charge < -0.3 is 20.5 Å². The zero-order chi connectivity index (χ0) is 16.9. The van der Waals surface area contributed by atoms with Gasteiger partial charge in [-0.1, -0.05) is 30.3 Å². The Kier molecular flexibility index (Phi) is 9.85. The quantitative estimate of drug-likeness (QED) is 0.769. The van der Waals surface area contributed by atoms with Gasteiger partial charge in [0.25, 0.3) is 5.91 Å². The van der Waals surface area contributed by atoms with Crippen LogP contribution in [0.5, 0.6) is 0 Å². The Morgan fingerprint density at radius 3 is 2.38 bits per heavy atom. The van der Waals surface area contributed by atoms with Crippen LogP contribution in [0.25, 0.3) is 0 Å². The predicted molar refractivity (Wildman–Crippen MR) is 106 cm³/mol. The lowest BCUT2D eigenvalue weighted by atomic mass is 10.1. The van der Waals surface area contributed by atoms with Crippen LogP contribution in [0.15, 0.2) is 30.3 Å². The third-order valence-electron chi connectivity index (χ3n) is 4.95. The summed E-state index contributed by atoms with van der Waals surface area (Å²) in [6.07, 6.45) is 0.863. The summed E-state index contributed by atoms with van der Waals surface area (Å²) < 4.78 is 5.71. The van der Waals surface area contributed by atoms with Crippen molar-refractivity contribution in [2.24, 2.45) is 5.73 Å². The van der Waals surface area contributed by atoms with Gasteiger partial charge in [-0.3, -0.25) is 9.69 Å². The van der Waals surface area contributed by atoms with Crippen molar-refractivity contribution < 1.29 is 14.6 Å². The number of hydrogen-bond donors (Lipinski definition) is 2. The molecule has 1 amide bonds. The highest BCUT2D eigenvalue weighted by Gasteiger charge is 2.34. The number of nitrogens with two attached hydrogens (primary N) is 1. The molecule has 3 N–H and O–H groups in total. The Morgan fingerprint density at radius 1 is 1.15 bits per heavy atom. The van der Waals surface area contributed by atoms with Gasteiger partial charge in [-0.15, -0.1) is 24.8 Å². The molecule has 0 radical (unpaired) electrons. The van der Waals surface area contributed by atoms with Crippen molar-refractivity contribution in [2.75, 3.05) is 39.3 Å². The lowest BCUT2D eigenvalue weighted by Gasteiger charge is -2.36. The van der Waals surface area contributed by atoms with Gasteiger partial charge in [-0.2, -0.15) is 0 Å².